The van der Waals surface area contributed by atoms with Gasteiger partial charge in [-0.2, -0.15) is 0 Å². The number of hydrogen-bond acceptors (Lipinski definition) is 4. The molecule has 0 aromatic carbocycles. The lowest BCUT2D eigenvalue weighted by Crippen LogP contribution is -2.43. The number of amides is 1. The van der Waals surface area contributed by atoms with Gasteiger partial charge in [0.1, 0.15) is 0 Å². The zero-order valence-electron chi connectivity index (χ0n) is 14.2. The van der Waals surface area contributed by atoms with Crippen molar-refractivity contribution in [1.82, 2.24) is 15.1 Å². The summed E-state index contributed by atoms with van der Waals surface area (Å²) in [6.45, 7) is 15.7. The molecule has 0 saturated heterocycles. The summed E-state index contributed by atoms with van der Waals surface area (Å²) < 4.78 is 4.89. The molecule has 0 rings (SSSR count). The van der Waals surface area contributed by atoms with Crippen molar-refractivity contribution in [3.63, 3.8) is 0 Å². The smallest absolute Gasteiger partial charge is 0.407 e. The monoisotopic (exact) mass is 297 g/mol. The van der Waals surface area contributed by atoms with E-state index in [-0.39, 0.29) is 12.1 Å². The van der Waals surface area contributed by atoms with E-state index in [2.05, 4.69) is 54.7 Å². The Morgan fingerprint density at radius 2 is 1.71 bits per heavy atom. The van der Waals surface area contributed by atoms with E-state index in [1.807, 2.05) is 0 Å². The number of alkyl carbamates (subject to hydrolysis) is 1. The van der Waals surface area contributed by atoms with Crippen LogP contribution in [0.2, 0.25) is 0 Å². The van der Waals surface area contributed by atoms with E-state index in [1.54, 1.807) is 6.92 Å². The second-order valence-electron chi connectivity index (χ2n) is 4.62. The number of nitrogens with zero attached hydrogens (tertiary/aromatic N) is 2. The molecule has 0 aliphatic carbocycles. The highest BCUT2D eigenvalue weighted by molar-refractivity contribution is 5.67. The van der Waals surface area contributed by atoms with Gasteiger partial charge in [0.05, 0.1) is 19.2 Å². The number of likely N-dealkylation sites (N-methyl/N-ethyl adjacent to an activating group) is 1. The van der Waals surface area contributed by atoms with Crippen LogP contribution in [0.15, 0.2) is 0 Å². The van der Waals surface area contributed by atoms with Crippen molar-refractivity contribution >= 4 is 6.09 Å². The number of rotatable bonds is 9. The molecule has 122 valence electrons. The molecule has 5 heteroatoms. The van der Waals surface area contributed by atoms with E-state index < -0.39 is 0 Å². The second-order valence-corrected chi connectivity index (χ2v) is 4.62. The Labute approximate surface area is 130 Å². The normalized spacial score (nSPS) is 12.0. The van der Waals surface area contributed by atoms with Gasteiger partial charge in [0.2, 0.25) is 0 Å². The lowest BCUT2D eigenvalue weighted by atomic mass is 10.2. The topological polar surface area (TPSA) is 44.8 Å². The Morgan fingerprint density at radius 3 is 2.19 bits per heavy atom. The van der Waals surface area contributed by atoms with Gasteiger partial charge < -0.3 is 10.1 Å². The second kappa shape index (κ2) is 12.5. The van der Waals surface area contributed by atoms with Gasteiger partial charge in [0, 0.05) is 6.54 Å². The van der Waals surface area contributed by atoms with Crippen LogP contribution in [0.5, 0.6) is 0 Å². The lowest BCUT2D eigenvalue weighted by molar-refractivity contribution is 0.148. The molecular weight excluding hydrogens is 266 g/mol. The highest BCUT2D eigenvalue weighted by Gasteiger charge is 2.14. The fourth-order valence-electron chi connectivity index (χ4n) is 2.02. The van der Waals surface area contributed by atoms with Crippen molar-refractivity contribution in [1.29, 1.82) is 0 Å². The summed E-state index contributed by atoms with van der Waals surface area (Å²) in [7, 11) is 0. The SMILES string of the molecule is CCOC(=O)NC[C@H](C#CCN(CC)CC)N(CC)CC. The molecule has 1 atom stereocenters. The average Bonchev–Trinajstić information content (AvgIpc) is 2.49. The summed E-state index contributed by atoms with van der Waals surface area (Å²) in [5.41, 5.74) is 0. The Hall–Kier alpha value is -1.25. The van der Waals surface area contributed by atoms with Gasteiger partial charge in [-0.1, -0.05) is 39.5 Å². The first-order chi connectivity index (χ1) is 10.1. The third kappa shape index (κ3) is 8.59. The first-order valence-corrected chi connectivity index (χ1v) is 7.98. The Morgan fingerprint density at radius 1 is 1.10 bits per heavy atom. The van der Waals surface area contributed by atoms with Gasteiger partial charge in [-0.25, -0.2) is 4.79 Å². The fourth-order valence-corrected chi connectivity index (χ4v) is 2.02. The zero-order chi connectivity index (χ0) is 16.1. The van der Waals surface area contributed by atoms with Crippen molar-refractivity contribution in [3.8, 4) is 11.8 Å². The Kier molecular flexibility index (Phi) is 11.7. The van der Waals surface area contributed by atoms with Crippen LogP contribution in [0.1, 0.15) is 34.6 Å². The van der Waals surface area contributed by atoms with E-state index in [9.17, 15) is 4.79 Å². The van der Waals surface area contributed by atoms with Crippen LogP contribution in [-0.2, 0) is 4.74 Å². The molecule has 1 amide bonds. The number of ether oxygens (including phenoxy) is 1. The number of nitrogens with one attached hydrogen (secondary N) is 1. The van der Waals surface area contributed by atoms with Gasteiger partial charge in [0.15, 0.2) is 0 Å². The maximum absolute atomic E-state index is 11.4. The van der Waals surface area contributed by atoms with E-state index in [0.717, 1.165) is 32.7 Å². The molecule has 0 radical (unpaired) electrons. The fraction of sp³-hybridized carbons (Fsp3) is 0.812. The number of carbonyl (C=O) groups is 1. The third-order valence-corrected chi connectivity index (χ3v) is 3.43. The van der Waals surface area contributed by atoms with Crippen LogP contribution in [0.25, 0.3) is 0 Å². The summed E-state index contributed by atoms with van der Waals surface area (Å²) in [4.78, 5) is 15.9. The maximum Gasteiger partial charge on any atom is 0.407 e. The van der Waals surface area contributed by atoms with Crippen molar-refractivity contribution in [2.45, 2.75) is 40.7 Å². The first kappa shape index (κ1) is 19.8. The molecule has 0 unspecified atom stereocenters. The van der Waals surface area contributed by atoms with Gasteiger partial charge in [-0.3, -0.25) is 9.80 Å². The minimum Gasteiger partial charge on any atom is -0.450 e. The molecule has 0 aromatic heterocycles. The van der Waals surface area contributed by atoms with Gasteiger partial charge in [0.25, 0.3) is 0 Å². The lowest BCUT2D eigenvalue weighted by Gasteiger charge is -2.25. The largest absolute Gasteiger partial charge is 0.450 e. The summed E-state index contributed by atoms with van der Waals surface area (Å²) in [5, 5.41) is 2.78. The van der Waals surface area contributed by atoms with Crippen LogP contribution in [0.4, 0.5) is 4.79 Å². The van der Waals surface area contributed by atoms with Crippen LogP contribution in [0.3, 0.4) is 0 Å². The predicted molar refractivity (Wildman–Crippen MR) is 87.3 cm³/mol. The molecule has 0 fully saturated rings. The van der Waals surface area contributed by atoms with E-state index in [4.69, 9.17) is 4.74 Å². The minimum absolute atomic E-state index is 0.0277. The van der Waals surface area contributed by atoms with Gasteiger partial charge >= 0.3 is 6.09 Å². The van der Waals surface area contributed by atoms with E-state index in [0.29, 0.717) is 13.2 Å². The number of hydrogen-bond donors (Lipinski definition) is 1. The molecule has 1 N–H and O–H groups in total. The van der Waals surface area contributed by atoms with Crippen LogP contribution in [0, 0.1) is 11.8 Å². The Balaban J connectivity index is 4.59. The quantitative estimate of drug-likeness (QED) is 0.659. The zero-order valence-corrected chi connectivity index (χ0v) is 14.2. The summed E-state index contributed by atoms with van der Waals surface area (Å²) in [6, 6.07) is 0.0277. The predicted octanol–water partition coefficient (Wildman–Crippen LogP) is 1.79. The molecule has 5 nitrogen and oxygen atoms in total. The van der Waals surface area contributed by atoms with E-state index >= 15 is 0 Å². The van der Waals surface area contributed by atoms with Gasteiger partial charge in [-0.15, -0.1) is 0 Å². The van der Waals surface area contributed by atoms with Crippen LogP contribution < -0.4 is 5.32 Å². The standard InChI is InChI=1S/C16H31N3O2/c1-6-18(7-2)13-11-12-15(19(8-3)9-4)14-17-16(20)21-10-5/h15H,6-10,13-14H2,1-5H3,(H,17,20)/t15-/m0/s1. The number of carbonyl (C=O) groups excluding carboxylic acids is 1. The molecule has 0 spiro atoms. The van der Waals surface area contributed by atoms with E-state index in [1.165, 1.54) is 0 Å². The van der Waals surface area contributed by atoms with Crippen molar-refractivity contribution in [2.75, 3.05) is 45.9 Å². The Bertz CT molecular complexity index is 328. The van der Waals surface area contributed by atoms with Crippen molar-refractivity contribution in [3.05, 3.63) is 0 Å². The van der Waals surface area contributed by atoms with Crippen molar-refractivity contribution in [2.24, 2.45) is 0 Å². The molecular formula is C16H31N3O2. The summed E-state index contributed by atoms with van der Waals surface area (Å²) >= 11 is 0. The van der Waals surface area contributed by atoms with Crippen molar-refractivity contribution < 1.29 is 9.53 Å². The molecule has 0 aliphatic heterocycles. The van der Waals surface area contributed by atoms with Gasteiger partial charge in [-0.05, 0) is 33.1 Å². The molecule has 0 aliphatic rings. The first-order valence-electron chi connectivity index (χ1n) is 7.98. The minimum atomic E-state index is -0.375. The van der Waals surface area contributed by atoms with Crippen LogP contribution in [-0.4, -0.2) is 67.8 Å². The third-order valence-electron chi connectivity index (χ3n) is 3.43. The average molecular weight is 297 g/mol. The molecule has 0 heterocycles. The van der Waals surface area contributed by atoms with Crippen LogP contribution >= 0.6 is 0 Å². The maximum atomic E-state index is 11.4. The molecule has 0 saturated carbocycles. The summed E-state index contributed by atoms with van der Waals surface area (Å²) in [5.74, 6) is 6.52. The highest BCUT2D eigenvalue weighted by Crippen LogP contribution is 1.97. The highest BCUT2D eigenvalue weighted by atomic mass is 16.5. The summed E-state index contributed by atoms with van der Waals surface area (Å²) in [6.07, 6.45) is -0.375. The molecule has 21 heavy (non-hydrogen) atoms. The molecule has 0 aromatic rings. The molecule has 0 bridgehead atoms.